The van der Waals surface area contributed by atoms with Gasteiger partial charge in [-0.25, -0.2) is 9.78 Å². The summed E-state index contributed by atoms with van der Waals surface area (Å²) < 4.78 is 6.72. The van der Waals surface area contributed by atoms with Crippen molar-refractivity contribution >= 4 is 11.9 Å². The highest BCUT2D eigenvalue weighted by atomic mass is 16.5. The Morgan fingerprint density at radius 3 is 2.44 bits per heavy atom. The number of methoxy groups -OCH3 is 1. The zero-order valence-corrected chi connectivity index (χ0v) is 15.1. The zero-order chi connectivity index (χ0) is 19.1. The van der Waals surface area contributed by atoms with Crippen LogP contribution in [0.15, 0.2) is 67.0 Å². The average molecular weight is 363 g/mol. The van der Waals surface area contributed by atoms with Crippen LogP contribution in [0.3, 0.4) is 0 Å². The number of imidazole rings is 1. The maximum atomic E-state index is 12.2. The Kier molecular flexibility index (Phi) is 5.99. The molecule has 0 saturated heterocycles. The van der Waals surface area contributed by atoms with Crippen LogP contribution in [0.4, 0.5) is 0 Å². The lowest BCUT2D eigenvalue weighted by Crippen LogP contribution is -2.26. The molecule has 6 nitrogen and oxygen atoms in total. The van der Waals surface area contributed by atoms with Crippen molar-refractivity contribution in [2.75, 3.05) is 13.7 Å². The summed E-state index contributed by atoms with van der Waals surface area (Å²) in [6.07, 6.45) is 4.34. The number of hydrogen-bond donors (Lipinski definition) is 1. The number of rotatable bonds is 7. The molecule has 6 heteroatoms. The van der Waals surface area contributed by atoms with Crippen molar-refractivity contribution in [2.45, 2.75) is 13.0 Å². The summed E-state index contributed by atoms with van der Waals surface area (Å²) in [6.45, 7) is 1.22. The summed E-state index contributed by atoms with van der Waals surface area (Å²) in [7, 11) is 1.32. The van der Waals surface area contributed by atoms with Crippen LogP contribution >= 0.6 is 0 Å². The Hall–Kier alpha value is -3.41. The summed E-state index contributed by atoms with van der Waals surface area (Å²) in [5, 5.41) is 2.88. The van der Waals surface area contributed by atoms with Crippen LogP contribution in [-0.4, -0.2) is 35.1 Å². The molecule has 3 aromatic rings. The van der Waals surface area contributed by atoms with Gasteiger partial charge in [0, 0.05) is 37.5 Å². The third-order valence-corrected chi connectivity index (χ3v) is 4.20. The maximum Gasteiger partial charge on any atom is 0.337 e. The highest BCUT2D eigenvalue weighted by Gasteiger charge is 2.09. The van der Waals surface area contributed by atoms with Crippen LogP contribution in [0.1, 0.15) is 32.1 Å². The largest absolute Gasteiger partial charge is 0.465 e. The molecule has 27 heavy (non-hydrogen) atoms. The second-order valence-corrected chi connectivity index (χ2v) is 6.03. The quantitative estimate of drug-likeness (QED) is 0.655. The van der Waals surface area contributed by atoms with Gasteiger partial charge >= 0.3 is 5.97 Å². The zero-order valence-electron chi connectivity index (χ0n) is 15.1. The number of ether oxygens (including phenoxy) is 1. The summed E-state index contributed by atoms with van der Waals surface area (Å²) in [4.78, 5) is 28.1. The molecule has 138 valence electrons. The first-order valence-electron chi connectivity index (χ1n) is 8.68. The average Bonchev–Trinajstić information content (AvgIpc) is 3.15. The molecular weight excluding hydrogens is 342 g/mol. The van der Waals surface area contributed by atoms with E-state index in [4.69, 9.17) is 0 Å². The molecule has 0 atom stereocenters. The molecular formula is C21H21N3O3. The molecule has 1 N–H and O–H groups in total. The molecule has 1 amide bonds. The second kappa shape index (κ2) is 8.80. The lowest BCUT2D eigenvalue weighted by molar-refractivity contribution is 0.0600. The van der Waals surface area contributed by atoms with E-state index in [0.29, 0.717) is 24.1 Å². The van der Waals surface area contributed by atoms with Crippen LogP contribution in [0.25, 0.3) is 0 Å². The first kappa shape index (κ1) is 18.4. The molecule has 0 saturated carbocycles. The fourth-order valence-corrected chi connectivity index (χ4v) is 2.76. The van der Waals surface area contributed by atoms with Gasteiger partial charge < -0.3 is 14.6 Å². The number of aromatic nitrogens is 2. The van der Waals surface area contributed by atoms with Gasteiger partial charge in [-0.3, -0.25) is 4.79 Å². The highest BCUT2D eigenvalue weighted by molar-refractivity contribution is 5.96. The van der Waals surface area contributed by atoms with Crippen LogP contribution in [-0.2, 0) is 17.7 Å². The van der Waals surface area contributed by atoms with Crippen molar-refractivity contribution in [2.24, 2.45) is 0 Å². The third-order valence-electron chi connectivity index (χ3n) is 4.20. The van der Waals surface area contributed by atoms with Crippen LogP contribution < -0.4 is 5.32 Å². The predicted octanol–water partition coefficient (Wildman–Crippen LogP) is 2.69. The lowest BCUT2D eigenvalue weighted by Gasteiger charge is -2.09. The summed E-state index contributed by atoms with van der Waals surface area (Å²) in [6, 6.07) is 16.5. The summed E-state index contributed by atoms with van der Waals surface area (Å²) >= 11 is 0. The smallest absolute Gasteiger partial charge is 0.337 e. The van der Waals surface area contributed by atoms with E-state index in [2.05, 4.69) is 31.7 Å². The van der Waals surface area contributed by atoms with Gasteiger partial charge in [0.1, 0.15) is 5.82 Å². The Balaban J connectivity index is 1.53. The fraction of sp³-hybridized carbons (Fsp3) is 0.190. The Morgan fingerprint density at radius 2 is 1.74 bits per heavy atom. The minimum absolute atomic E-state index is 0.187. The standard InChI is InChI=1S/C21H21N3O3/c1-27-21(26)18-9-7-17(8-10-18)20(25)23-12-11-19-22-13-14-24(19)15-16-5-3-2-4-6-16/h2-10,13-14H,11-12,15H2,1H3,(H,23,25). The topological polar surface area (TPSA) is 73.2 Å². The van der Waals surface area contributed by atoms with Gasteiger partial charge in [0.05, 0.1) is 12.7 Å². The minimum atomic E-state index is -0.424. The molecule has 0 fully saturated rings. The number of nitrogens with zero attached hydrogens (tertiary/aromatic N) is 2. The van der Waals surface area contributed by atoms with E-state index in [1.165, 1.54) is 12.7 Å². The SMILES string of the molecule is COC(=O)c1ccc(C(=O)NCCc2nccn2Cc2ccccc2)cc1. The Bertz CT molecular complexity index is 902. The van der Waals surface area contributed by atoms with Crippen molar-refractivity contribution in [3.05, 3.63) is 89.5 Å². The number of carbonyl (C=O) groups is 2. The Morgan fingerprint density at radius 1 is 1.04 bits per heavy atom. The van der Waals surface area contributed by atoms with E-state index in [9.17, 15) is 9.59 Å². The number of nitrogens with one attached hydrogen (secondary N) is 1. The van der Waals surface area contributed by atoms with Gasteiger partial charge in [-0.1, -0.05) is 30.3 Å². The first-order valence-corrected chi connectivity index (χ1v) is 8.68. The molecule has 0 spiro atoms. The molecule has 0 unspecified atom stereocenters. The van der Waals surface area contributed by atoms with Gasteiger partial charge in [-0.15, -0.1) is 0 Å². The number of esters is 1. The van der Waals surface area contributed by atoms with E-state index in [-0.39, 0.29) is 5.91 Å². The highest BCUT2D eigenvalue weighted by Crippen LogP contribution is 2.07. The molecule has 0 aliphatic heterocycles. The van der Waals surface area contributed by atoms with Crippen LogP contribution in [0.5, 0.6) is 0 Å². The van der Waals surface area contributed by atoms with Crippen molar-refractivity contribution in [1.82, 2.24) is 14.9 Å². The number of amides is 1. The van der Waals surface area contributed by atoms with Gasteiger partial charge in [0.2, 0.25) is 0 Å². The van der Waals surface area contributed by atoms with Crippen LogP contribution in [0, 0.1) is 0 Å². The molecule has 1 aromatic heterocycles. The van der Waals surface area contributed by atoms with E-state index >= 15 is 0 Å². The van der Waals surface area contributed by atoms with Gasteiger partial charge in [-0.05, 0) is 29.8 Å². The molecule has 0 aliphatic rings. The second-order valence-electron chi connectivity index (χ2n) is 6.03. The third kappa shape index (κ3) is 4.82. The van der Waals surface area contributed by atoms with E-state index < -0.39 is 5.97 Å². The normalized spacial score (nSPS) is 10.4. The van der Waals surface area contributed by atoms with Crippen molar-refractivity contribution in [3.8, 4) is 0 Å². The maximum absolute atomic E-state index is 12.2. The Labute approximate surface area is 157 Å². The molecule has 0 bridgehead atoms. The van der Waals surface area contributed by atoms with Crippen molar-refractivity contribution in [1.29, 1.82) is 0 Å². The van der Waals surface area contributed by atoms with E-state index in [1.54, 1.807) is 30.5 Å². The predicted molar refractivity (Wildman–Crippen MR) is 102 cm³/mol. The molecule has 2 aromatic carbocycles. The monoisotopic (exact) mass is 363 g/mol. The van der Waals surface area contributed by atoms with Gasteiger partial charge in [0.15, 0.2) is 0 Å². The van der Waals surface area contributed by atoms with E-state index in [1.807, 2.05) is 24.4 Å². The van der Waals surface area contributed by atoms with Gasteiger partial charge in [-0.2, -0.15) is 0 Å². The molecule has 0 aliphatic carbocycles. The van der Waals surface area contributed by atoms with Crippen LogP contribution in [0.2, 0.25) is 0 Å². The number of hydrogen-bond acceptors (Lipinski definition) is 4. The van der Waals surface area contributed by atoms with Crippen molar-refractivity contribution < 1.29 is 14.3 Å². The lowest BCUT2D eigenvalue weighted by atomic mass is 10.1. The minimum Gasteiger partial charge on any atom is -0.465 e. The number of carbonyl (C=O) groups excluding carboxylic acids is 2. The molecule has 3 rings (SSSR count). The fourth-order valence-electron chi connectivity index (χ4n) is 2.76. The molecule has 1 heterocycles. The number of benzene rings is 2. The van der Waals surface area contributed by atoms with Gasteiger partial charge in [0.25, 0.3) is 5.91 Å². The first-order chi connectivity index (χ1) is 13.2. The van der Waals surface area contributed by atoms with E-state index in [0.717, 1.165) is 12.4 Å². The van der Waals surface area contributed by atoms with Crippen molar-refractivity contribution in [3.63, 3.8) is 0 Å². The molecule has 0 radical (unpaired) electrons. The summed E-state index contributed by atoms with van der Waals surface area (Å²) in [5.74, 6) is 0.306. The summed E-state index contributed by atoms with van der Waals surface area (Å²) in [5.41, 5.74) is 2.11.